The second kappa shape index (κ2) is 11.4. The van der Waals surface area contributed by atoms with Gasteiger partial charge in [-0.2, -0.15) is 0 Å². The number of benzene rings is 2. The van der Waals surface area contributed by atoms with Crippen molar-refractivity contribution in [1.29, 1.82) is 0 Å². The number of alkyl halides is 1. The number of carboxylic acids is 1. The van der Waals surface area contributed by atoms with Gasteiger partial charge in [0.15, 0.2) is 0 Å². The minimum atomic E-state index is -1.48. The second-order valence-corrected chi connectivity index (χ2v) is 9.60. The quantitative estimate of drug-likeness (QED) is 0.369. The van der Waals surface area contributed by atoms with Crippen LogP contribution in [-0.2, 0) is 4.79 Å². The van der Waals surface area contributed by atoms with Gasteiger partial charge >= 0.3 is 5.97 Å². The van der Waals surface area contributed by atoms with Crippen LogP contribution in [0.5, 0.6) is 5.75 Å². The molecular formula is C28H26ClF3N2O3. The van der Waals surface area contributed by atoms with Crippen LogP contribution in [0.15, 0.2) is 42.6 Å². The minimum absolute atomic E-state index is 0.00794. The molecule has 5 nitrogen and oxygen atoms in total. The number of aromatic nitrogens is 1. The number of piperidine rings is 1. The largest absolute Gasteiger partial charge is 0.497 e. The molecule has 0 aliphatic carbocycles. The number of fused-ring (bicyclic) bond motifs is 1. The predicted molar refractivity (Wildman–Crippen MR) is 135 cm³/mol. The van der Waals surface area contributed by atoms with Gasteiger partial charge in [-0.1, -0.05) is 23.4 Å². The third kappa shape index (κ3) is 6.00. The summed E-state index contributed by atoms with van der Waals surface area (Å²) in [6, 6.07) is 8.34. The molecule has 0 unspecified atom stereocenters. The average Bonchev–Trinajstić information content (AvgIpc) is 2.88. The first-order valence-corrected chi connectivity index (χ1v) is 12.3. The van der Waals surface area contributed by atoms with E-state index in [4.69, 9.17) is 16.3 Å². The molecule has 1 fully saturated rings. The molecule has 3 aromatic rings. The van der Waals surface area contributed by atoms with E-state index in [9.17, 15) is 18.7 Å². The summed E-state index contributed by atoms with van der Waals surface area (Å²) < 4.78 is 47.6. The van der Waals surface area contributed by atoms with E-state index < -0.39 is 29.2 Å². The maximum absolute atomic E-state index is 15.6. The summed E-state index contributed by atoms with van der Waals surface area (Å²) in [6.45, 7) is 1.23. The van der Waals surface area contributed by atoms with Gasteiger partial charge in [-0.25, -0.2) is 13.2 Å². The van der Waals surface area contributed by atoms with Gasteiger partial charge in [0.2, 0.25) is 0 Å². The highest BCUT2D eigenvalue weighted by Gasteiger charge is 2.41. The first-order chi connectivity index (χ1) is 17.7. The number of aliphatic carboxylic acids is 1. The number of nitrogens with zero attached hydrogens (tertiary/aromatic N) is 2. The Balaban J connectivity index is 1.41. The molecule has 0 spiro atoms. The van der Waals surface area contributed by atoms with E-state index in [2.05, 4.69) is 16.8 Å². The molecule has 1 atom stereocenters. The van der Waals surface area contributed by atoms with Gasteiger partial charge < -0.3 is 9.84 Å². The van der Waals surface area contributed by atoms with E-state index in [1.165, 1.54) is 19.4 Å². The number of halogens is 4. The van der Waals surface area contributed by atoms with Crippen LogP contribution in [0.4, 0.5) is 13.2 Å². The molecule has 194 valence electrons. The SMILES string of the molecule is COc1ccc2ncc(Cl)c([C@H](F)CCC3(C(=O)O)CCN(CC#Cc4ccc(F)cc4F)CC3)c2c1. The molecule has 37 heavy (non-hydrogen) atoms. The Morgan fingerprint density at radius 2 is 2.00 bits per heavy atom. The van der Waals surface area contributed by atoms with Crippen LogP contribution in [0, 0.1) is 28.9 Å². The molecule has 2 aromatic carbocycles. The highest BCUT2D eigenvalue weighted by molar-refractivity contribution is 6.32. The Bertz CT molecular complexity index is 1360. The fraction of sp³-hybridized carbons (Fsp3) is 0.357. The van der Waals surface area contributed by atoms with Gasteiger partial charge in [-0.3, -0.25) is 14.7 Å². The molecule has 1 aliphatic heterocycles. The van der Waals surface area contributed by atoms with Crippen molar-refractivity contribution in [1.82, 2.24) is 9.88 Å². The summed E-state index contributed by atoms with van der Waals surface area (Å²) >= 11 is 6.32. The molecule has 9 heteroatoms. The number of carbonyl (C=O) groups is 1. The second-order valence-electron chi connectivity index (χ2n) is 9.20. The molecule has 2 heterocycles. The van der Waals surface area contributed by atoms with Crippen molar-refractivity contribution in [3.63, 3.8) is 0 Å². The Kier molecular flexibility index (Phi) is 8.25. The van der Waals surface area contributed by atoms with Gasteiger partial charge in [0.1, 0.15) is 23.6 Å². The Morgan fingerprint density at radius 3 is 2.68 bits per heavy atom. The van der Waals surface area contributed by atoms with Crippen molar-refractivity contribution in [3.05, 3.63) is 70.4 Å². The molecule has 0 bridgehead atoms. The lowest BCUT2D eigenvalue weighted by molar-refractivity contribution is -0.152. The Labute approximate surface area is 218 Å². The first-order valence-electron chi connectivity index (χ1n) is 11.9. The monoisotopic (exact) mass is 530 g/mol. The van der Waals surface area contributed by atoms with Crippen molar-refractivity contribution in [2.45, 2.75) is 31.9 Å². The molecule has 1 aromatic heterocycles. The number of methoxy groups -OCH3 is 1. The van der Waals surface area contributed by atoms with Crippen molar-refractivity contribution in [2.75, 3.05) is 26.7 Å². The van der Waals surface area contributed by atoms with Crippen molar-refractivity contribution >= 4 is 28.5 Å². The fourth-order valence-electron chi connectivity index (χ4n) is 4.71. The molecule has 0 amide bonds. The third-order valence-corrected chi connectivity index (χ3v) is 7.28. The van der Waals surface area contributed by atoms with Crippen LogP contribution in [0.3, 0.4) is 0 Å². The topological polar surface area (TPSA) is 62.7 Å². The Morgan fingerprint density at radius 1 is 1.24 bits per heavy atom. The van der Waals surface area contributed by atoms with Gasteiger partial charge in [0.25, 0.3) is 0 Å². The van der Waals surface area contributed by atoms with Crippen LogP contribution in [-0.4, -0.2) is 47.7 Å². The molecule has 1 aliphatic rings. The van der Waals surface area contributed by atoms with Gasteiger partial charge in [-0.15, -0.1) is 0 Å². The van der Waals surface area contributed by atoms with E-state index >= 15 is 4.39 Å². The van der Waals surface area contributed by atoms with Crippen LogP contribution in [0.2, 0.25) is 5.02 Å². The van der Waals surface area contributed by atoms with Crippen LogP contribution in [0.25, 0.3) is 10.9 Å². The fourth-order valence-corrected chi connectivity index (χ4v) is 4.98. The average molecular weight is 531 g/mol. The van der Waals surface area contributed by atoms with Gasteiger partial charge in [0, 0.05) is 36.3 Å². The summed E-state index contributed by atoms with van der Waals surface area (Å²) in [4.78, 5) is 18.5. The minimum Gasteiger partial charge on any atom is -0.497 e. The van der Waals surface area contributed by atoms with E-state index in [1.54, 1.807) is 18.2 Å². The standard InChI is InChI=1S/C28H26ClF3N2O3/c1-37-20-6-7-25-21(16-20)26(22(29)17-33-25)23(31)8-9-28(27(35)36)10-13-34(14-11-28)12-2-3-18-4-5-19(30)15-24(18)32/h4-7,15-17,23H,8-14H2,1H3,(H,35,36)/t23-/m1/s1. The number of pyridine rings is 1. The van der Waals surface area contributed by atoms with E-state index in [0.717, 1.165) is 12.1 Å². The number of rotatable bonds is 7. The molecule has 0 radical (unpaired) electrons. The zero-order chi connectivity index (χ0) is 26.6. The normalized spacial score (nSPS) is 16.1. The van der Waals surface area contributed by atoms with Gasteiger partial charge in [-0.05, 0) is 56.0 Å². The van der Waals surface area contributed by atoms with Crippen LogP contribution >= 0.6 is 11.6 Å². The summed E-state index contributed by atoms with van der Waals surface area (Å²) in [7, 11) is 1.52. The highest BCUT2D eigenvalue weighted by Crippen LogP contribution is 2.42. The Hall–Kier alpha value is -3.28. The lowest BCUT2D eigenvalue weighted by Gasteiger charge is -2.38. The van der Waals surface area contributed by atoms with Gasteiger partial charge in [0.05, 0.1) is 35.2 Å². The summed E-state index contributed by atoms with van der Waals surface area (Å²) in [5.74, 6) is 3.76. The molecule has 4 rings (SSSR count). The van der Waals surface area contributed by atoms with Crippen molar-refractivity contribution in [3.8, 4) is 17.6 Å². The molecule has 1 N–H and O–H groups in total. The zero-order valence-electron chi connectivity index (χ0n) is 20.2. The lowest BCUT2D eigenvalue weighted by atomic mass is 9.74. The number of hydrogen-bond donors (Lipinski definition) is 1. The first kappa shape index (κ1) is 26.8. The number of hydrogen-bond acceptors (Lipinski definition) is 4. The van der Waals surface area contributed by atoms with Crippen molar-refractivity contribution < 1.29 is 27.8 Å². The van der Waals surface area contributed by atoms with Crippen LogP contribution in [0.1, 0.15) is 43.0 Å². The summed E-state index contributed by atoms with van der Waals surface area (Å²) in [5, 5.41) is 10.8. The van der Waals surface area contributed by atoms with Crippen LogP contribution < -0.4 is 4.74 Å². The molecule has 0 saturated carbocycles. The predicted octanol–water partition coefficient (Wildman–Crippen LogP) is 6.18. The maximum atomic E-state index is 15.6. The highest BCUT2D eigenvalue weighted by atomic mass is 35.5. The summed E-state index contributed by atoms with van der Waals surface area (Å²) in [5.41, 5.74) is -0.102. The maximum Gasteiger partial charge on any atom is 0.309 e. The smallest absolute Gasteiger partial charge is 0.309 e. The molecular weight excluding hydrogens is 505 g/mol. The van der Waals surface area contributed by atoms with E-state index in [1.807, 2.05) is 4.90 Å². The summed E-state index contributed by atoms with van der Waals surface area (Å²) in [6.07, 6.45) is 0.735. The van der Waals surface area contributed by atoms with E-state index in [-0.39, 0.29) is 29.0 Å². The van der Waals surface area contributed by atoms with E-state index in [0.29, 0.717) is 49.1 Å². The third-order valence-electron chi connectivity index (χ3n) is 6.98. The zero-order valence-corrected chi connectivity index (χ0v) is 21.0. The number of likely N-dealkylation sites (tertiary alicyclic amines) is 1. The lowest BCUT2D eigenvalue weighted by Crippen LogP contribution is -2.44. The number of carboxylic acid groups (broad SMARTS) is 1. The van der Waals surface area contributed by atoms with Crippen molar-refractivity contribution in [2.24, 2.45) is 5.41 Å². The number of ether oxygens (including phenoxy) is 1. The molecule has 1 saturated heterocycles.